The zero-order valence-corrected chi connectivity index (χ0v) is 17.7. The zero-order valence-electron chi connectivity index (χ0n) is 17.7. The van der Waals surface area contributed by atoms with E-state index in [1.54, 1.807) is 17.2 Å². The maximum Gasteiger partial charge on any atom is 0.280 e. The first-order valence-electron chi connectivity index (χ1n) is 10.6. The van der Waals surface area contributed by atoms with Crippen LogP contribution >= 0.6 is 0 Å². The molecule has 1 aliphatic carbocycles. The van der Waals surface area contributed by atoms with E-state index in [2.05, 4.69) is 21.0 Å². The molecule has 0 radical (unpaired) electrons. The van der Waals surface area contributed by atoms with Crippen molar-refractivity contribution in [2.75, 3.05) is 13.1 Å². The molecule has 2 unspecified atom stereocenters. The summed E-state index contributed by atoms with van der Waals surface area (Å²) in [5.41, 5.74) is 3.39. The monoisotopic (exact) mass is 428 g/mol. The highest BCUT2D eigenvalue weighted by molar-refractivity contribution is 6.19. The summed E-state index contributed by atoms with van der Waals surface area (Å²) in [6, 6.07) is 5.50. The molecular weight excluding hydrogens is 400 g/mol. The highest BCUT2D eigenvalue weighted by Gasteiger charge is 2.52. The summed E-state index contributed by atoms with van der Waals surface area (Å²) in [7, 11) is 0. The molecule has 0 aromatic carbocycles. The molecule has 4 N–H and O–H groups in total. The number of hydrazine groups is 1. The Hall–Kier alpha value is -3.14. The fraction of sp³-hybridized carbons (Fsp3) is 0.524. The number of amides is 3. The Kier molecular flexibility index (Phi) is 5.81. The molecule has 31 heavy (non-hydrogen) atoms. The van der Waals surface area contributed by atoms with E-state index in [-0.39, 0.29) is 42.4 Å². The predicted octanol–water partition coefficient (Wildman–Crippen LogP) is 0.00670. The van der Waals surface area contributed by atoms with Crippen LogP contribution in [0.2, 0.25) is 0 Å². The molecule has 10 nitrogen and oxygen atoms in total. The molecule has 2 fully saturated rings. The van der Waals surface area contributed by atoms with Gasteiger partial charge >= 0.3 is 0 Å². The van der Waals surface area contributed by atoms with E-state index in [1.807, 2.05) is 26.0 Å². The Balaban J connectivity index is 1.56. The number of aliphatic hydroxyl groups is 1. The number of nitrogens with zero attached hydrogens (tertiary/aromatic N) is 3. The van der Waals surface area contributed by atoms with E-state index in [4.69, 9.17) is 0 Å². The standard InChI is InChI=1S/C21H28N6O4/c1-12(2)11-26-19-15(17(28)23-9-14-5-3-4-8-22-14)10-24-27(19)21(31)16(20(26)30)18(29)25-13-6-7-13/h3-5,8,12-13,15,19,24,30H,6-7,9-11H2,1-2H3,(H,23,28)(H,25,29). The van der Waals surface area contributed by atoms with Gasteiger partial charge in [-0.15, -0.1) is 0 Å². The van der Waals surface area contributed by atoms with Gasteiger partial charge in [0.1, 0.15) is 6.17 Å². The molecule has 2 atom stereocenters. The van der Waals surface area contributed by atoms with E-state index in [0.29, 0.717) is 6.54 Å². The summed E-state index contributed by atoms with van der Waals surface area (Å²) in [5.74, 6) is -2.33. The minimum absolute atomic E-state index is 0.0496. The lowest BCUT2D eigenvalue weighted by atomic mass is 10.0. The Morgan fingerprint density at radius 2 is 2.10 bits per heavy atom. The van der Waals surface area contributed by atoms with Crippen LogP contribution in [0.15, 0.2) is 35.9 Å². The summed E-state index contributed by atoms with van der Waals surface area (Å²) < 4.78 is 0. The Morgan fingerprint density at radius 1 is 1.32 bits per heavy atom. The molecule has 1 aromatic heterocycles. The van der Waals surface area contributed by atoms with Crippen molar-refractivity contribution >= 4 is 17.7 Å². The van der Waals surface area contributed by atoms with Gasteiger partial charge in [0.05, 0.1) is 18.2 Å². The predicted molar refractivity (Wildman–Crippen MR) is 111 cm³/mol. The highest BCUT2D eigenvalue weighted by Crippen LogP contribution is 2.32. The summed E-state index contributed by atoms with van der Waals surface area (Å²) in [5, 5.41) is 17.9. The van der Waals surface area contributed by atoms with Gasteiger partial charge in [-0.25, -0.2) is 10.4 Å². The van der Waals surface area contributed by atoms with Crippen molar-refractivity contribution in [3.8, 4) is 0 Å². The second-order valence-electron chi connectivity index (χ2n) is 8.59. The fourth-order valence-corrected chi connectivity index (χ4v) is 3.92. The third kappa shape index (κ3) is 4.34. The van der Waals surface area contributed by atoms with Gasteiger partial charge in [-0.1, -0.05) is 19.9 Å². The molecule has 3 heterocycles. The maximum atomic E-state index is 13.1. The minimum Gasteiger partial charge on any atom is -0.494 e. The largest absolute Gasteiger partial charge is 0.494 e. The lowest BCUT2D eigenvalue weighted by Gasteiger charge is -2.42. The first-order valence-corrected chi connectivity index (χ1v) is 10.6. The molecule has 3 aliphatic rings. The number of carbonyl (C=O) groups excluding carboxylic acids is 3. The summed E-state index contributed by atoms with van der Waals surface area (Å²) in [4.78, 5) is 44.4. The lowest BCUT2D eigenvalue weighted by molar-refractivity contribution is -0.144. The van der Waals surface area contributed by atoms with Crippen molar-refractivity contribution in [3.63, 3.8) is 0 Å². The normalized spacial score (nSPS) is 23.3. The number of aliphatic hydroxyl groups excluding tert-OH is 1. The fourth-order valence-electron chi connectivity index (χ4n) is 3.92. The number of hydrogen-bond donors (Lipinski definition) is 4. The van der Waals surface area contributed by atoms with Crippen molar-refractivity contribution in [2.24, 2.45) is 11.8 Å². The number of aromatic nitrogens is 1. The second-order valence-corrected chi connectivity index (χ2v) is 8.59. The van der Waals surface area contributed by atoms with E-state index in [9.17, 15) is 19.5 Å². The van der Waals surface area contributed by atoms with Gasteiger partial charge in [-0.2, -0.15) is 0 Å². The van der Waals surface area contributed by atoms with Gasteiger partial charge in [0, 0.05) is 25.3 Å². The third-order valence-electron chi connectivity index (χ3n) is 5.56. The van der Waals surface area contributed by atoms with Crippen LogP contribution < -0.4 is 16.1 Å². The van der Waals surface area contributed by atoms with E-state index in [0.717, 1.165) is 18.5 Å². The quantitative estimate of drug-likeness (QED) is 0.451. The van der Waals surface area contributed by atoms with Crippen LogP contribution in [0.25, 0.3) is 0 Å². The van der Waals surface area contributed by atoms with Crippen molar-refractivity contribution < 1.29 is 19.5 Å². The van der Waals surface area contributed by atoms with Gasteiger partial charge < -0.3 is 20.6 Å². The van der Waals surface area contributed by atoms with Crippen LogP contribution in [0.1, 0.15) is 32.4 Å². The second kappa shape index (κ2) is 8.54. The molecule has 1 saturated carbocycles. The van der Waals surface area contributed by atoms with Crippen LogP contribution in [-0.4, -0.2) is 63.0 Å². The zero-order chi connectivity index (χ0) is 22.1. The van der Waals surface area contributed by atoms with Crippen molar-refractivity contribution in [2.45, 2.75) is 45.4 Å². The van der Waals surface area contributed by atoms with Gasteiger partial charge in [0.15, 0.2) is 5.57 Å². The first-order chi connectivity index (χ1) is 14.9. The minimum atomic E-state index is -0.726. The average molecular weight is 428 g/mol. The van der Waals surface area contributed by atoms with E-state index < -0.39 is 23.9 Å². The Bertz CT molecular complexity index is 898. The van der Waals surface area contributed by atoms with Gasteiger partial charge in [0.25, 0.3) is 11.8 Å². The summed E-state index contributed by atoms with van der Waals surface area (Å²) in [6.45, 7) is 4.79. The molecule has 166 valence electrons. The van der Waals surface area contributed by atoms with E-state index >= 15 is 0 Å². The number of nitrogens with one attached hydrogen (secondary N) is 3. The molecule has 1 saturated heterocycles. The molecule has 0 spiro atoms. The van der Waals surface area contributed by atoms with Crippen LogP contribution in [0, 0.1) is 11.8 Å². The van der Waals surface area contributed by atoms with Crippen molar-refractivity contribution in [1.29, 1.82) is 0 Å². The van der Waals surface area contributed by atoms with Gasteiger partial charge in [-0.3, -0.25) is 19.4 Å². The molecule has 1 aromatic rings. The average Bonchev–Trinajstić information content (AvgIpc) is 3.43. The van der Waals surface area contributed by atoms with Crippen LogP contribution in [0.3, 0.4) is 0 Å². The highest BCUT2D eigenvalue weighted by atomic mass is 16.3. The first kappa shape index (κ1) is 21.1. The molecule has 2 aliphatic heterocycles. The van der Waals surface area contributed by atoms with Crippen molar-refractivity contribution in [1.82, 2.24) is 31.0 Å². The number of fused-ring (bicyclic) bond motifs is 1. The lowest BCUT2D eigenvalue weighted by Crippen LogP contribution is -2.60. The third-order valence-corrected chi connectivity index (χ3v) is 5.56. The van der Waals surface area contributed by atoms with Crippen LogP contribution in [-0.2, 0) is 20.9 Å². The van der Waals surface area contributed by atoms with E-state index in [1.165, 1.54) is 5.01 Å². The molecule has 0 bridgehead atoms. The van der Waals surface area contributed by atoms with Crippen LogP contribution in [0.5, 0.6) is 0 Å². The van der Waals surface area contributed by atoms with Gasteiger partial charge in [0.2, 0.25) is 11.8 Å². The Labute approximate surface area is 180 Å². The number of carbonyl (C=O) groups is 3. The smallest absolute Gasteiger partial charge is 0.280 e. The molecule has 3 amide bonds. The van der Waals surface area contributed by atoms with Crippen LogP contribution in [0.4, 0.5) is 0 Å². The summed E-state index contributed by atoms with van der Waals surface area (Å²) in [6.07, 6.45) is 2.66. The van der Waals surface area contributed by atoms with Gasteiger partial charge in [-0.05, 0) is 30.9 Å². The maximum absolute atomic E-state index is 13.1. The number of pyridine rings is 1. The SMILES string of the molecule is CC(C)CN1C(O)=C(C(=O)NC2CC2)C(=O)N2NCC(C(=O)NCc3ccccn3)C12. The summed E-state index contributed by atoms with van der Waals surface area (Å²) >= 11 is 0. The molecule has 10 heteroatoms. The number of rotatable bonds is 7. The molecule has 4 rings (SSSR count). The topological polar surface area (TPSA) is 127 Å². The van der Waals surface area contributed by atoms with Crippen molar-refractivity contribution in [3.05, 3.63) is 41.5 Å². The Morgan fingerprint density at radius 3 is 2.74 bits per heavy atom. The molecular formula is C21H28N6O4. The number of hydrogen-bond acceptors (Lipinski definition) is 7.